The Hall–Kier alpha value is -0.280. The SMILES string of the molecule is CCN(CCCl)C(=O)C1CCCOC1. The average Bonchev–Trinajstić information content (AvgIpc) is 2.26. The molecule has 0 aromatic carbocycles. The minimum absolute atomic E-state index is 0.0620. The normalized spacial score (nSPS) is 22.0. The fraction of sp³-hybridized carbons (Fsp3) is 0.900. The summed E-state index contributed by atoms with van der Waals surface area (Å²) in [5, 5.41) is 0. The molecule has 1 aliphatic rings. The van der Waals surface area contributed by atoms with Gasteiger partial charge in [-0.05, 0) is 19.8 Å². The van der Waals surface area contributed by atoms with Crippen LogP contribution in [0.4, 0.5) is 0 Å². The average molecular weight is 220 g/mol. The van der Waals surface area contributed by atoms with Gasteiger partial charge < -0.3 is 9.64 Å². The Morgan fingerprint density at radius 1 is 1.64 bits per heavy atom. The lowest BCUT2D eigenvalue weighted by Crippen LogP contribution is -2.40. The van der Waals surface area contributed by atoms with Gasteiger partial charge in [0.25, 0.3) is 0 Å². The first-order valence-corrected chi connectivity index (χ1v) is 5.75. The molecule has 0 bridgehead atoms. The number of rotatable bonds is 4. The van der Waals surface area contributed by atoms with Crippen molar-refractivity contribution in [2.24, 2.45) is 5.92 Å². The molecule has 4 heteroatoms. The molecule has 1 heterocycles. The van der Waals surface area contributed by atoms with Crippen molar-refractivity contribution in [2.75, 3.05) is 32.2 Å². The monoisotopic (exact) mass is 219 g/mol. The second kappa shape index (κ2) is 6.25. The van der Waals surface area contributed by atoms with Crippen LogP contribution in [0.15, 0.2) is 0 Å². The zero-order valence-electron chi connectivity index (χ0n) is 8.67. The van der Waals surface area contributed by atoms with Gasteiger partial charge >= 0.3 is 0 Å². The Bertz CT molecular complexity index is 174. The molecule has 82 valence electrons. The number of halogens is 1. The van der Waals surface area contributed by atoms with Crippen LogP contribution >= 0.6 is 11.6 Å². The summed E-state index contributed by atoms with van der Waals surface area (Å²) in [6.07, 6.45) is 1.95. The largest absolute Gasteiger partial charge is 0.381 e. The summed E-state index contributed by atoms with van der Waals surface area (Å²) in [6.45, 7) is 4.74. The van der Waals surface area contributed by atoms with Gasteiger partial charge in [0.1, 0.15) is 0 Å². The first-order valence-electron chi connectivity index (χ1n) is 5.22. The van der Waals surface area contributed by atoms with Crippen molar-refractivity contribution in [1.29, 1.82) is 0 Å². The van der Waals surface area contributed by atoms with Crippen LogP contribution in [0.25, 0.3) is 0 Å². The van der Waals surface area contributed by atoms with E-state index in [1.165, 1.54) is 0 Å². The number of ether oxygens (including phenoxy) is 1. The quantitative estimate of drug-likeness (QED) is 0.671. The van der Waals surface area contributed by atoms with Gasteiger partial charge in [0.15, 0.2) is 0 Å². The van der Waals surface area contributed by atoms with Gasteiger partial charge in [-0.3, -0.25) is 4.79 Å². The number of amides is 1. The van der Waals surface area contributed by atoms with Gasteiger partial charge in [-0.25, -0.2) is 0 Å². The topological polar surface area (TPSA) is 29.5 Å². The second-order valence-electron chi connectivity index (χ2n) is 3.52. The number of alkyl halides is 1. The molecule has 1 atom stereocenters. The smallest absolute Gasteiger partial charge is 0.228 e. The summed E-state index contributed by atoms with van der Waals surface area (Å²) < 4.78 is 5.30. The standard InChI is InChI=1S/C10H18ClNO2/c1-2-12(6-5-11)10(13)9-4-3-7-14-8-9/h9H,2-8H2,1H3. The van der Waals surface area contributed by atoms with E-state index in [0.717, 1.165) is 26.0 Å². The third kappa shape index (κ3) is 3.14. The lowest BCUT2D eigenvalue weighted by molar-refractivity contribution is -0.139. The lowest BCUT2D eigenvalue weighted by Gasteiger charge is -2.27. The lowest BCUT2D eigenvalue weighted by atomic mass is 10.0. The van der Waals surface area contributed by atoms with Gasteiger partial charge in [-0.1, -0.05) is 0 Å². The van der Waals surface area contributed by atoms with Crippen molar-refractivity contribution in [2.45, 2.75) is 19.8 Å². The zero-order valence-corrected chi connectivity index (χ0v) is 9.42. The predicted octanol–water partition coefficient (Wildman–Crippen LogP) is 1.50. The van der Waals surface area contributed by atoms with Crippen LogP contribution in [0.2, 0.25) is 0 Å². The van der Waals surface area contributed by atoms with E-state index in [9.17, 15) is 4.79 Å². The summed E-state index contributed by atoms with van der Waals surface area (Å²) in [7, 11) is 0. The van der Waals surface area contributed by atoms with Crippen LogP contribution in [0.1, 0.15) is 19.8 Å². The van der Waals surface area contributed by atoms with E-state index in [0.29, 0.717) is 19.0 Å². The fourth-order valence-corrected chi connectivity index (χ4v) is 1.92. The summed E-state index contributed by atoms with van der Waals surface area (Å²) in [4.78, 5) is 13.7. The van der Waals surface area contributed by atoms with Crippen molar-refractivity contribution in [1.82, 2.24) is 4.90 Å². The van der Waals surface area contributed by atoms with Crippen LogP contribution in [0, 0.1) is 5.92 Å². The van der Waals surface area contributed by atoms with Gasteiger partial charge in [0.2, 0.25) is 5.91 Å². The minimum Gasteiger partial charge on any atom is -0.381 e. The Morgan fingerprint density at radius 2 is 2.43 bits per heavy atom. The molecule has 0 N–H and O–H groups in total. The molecule has 1 saturated heterocycles. The molecular formula is C10H18ClNO2. The second-order valence-corrected chi connectivity index (χ2v) is 3.90. The molecule has 0 aromatic heterocycles. The van der Waals surface area contributed by atoms with Crippen molar-refractivity contribution in [3.63, 3.8) is 0 Å². The van der Waals surface area contributed by atoms with Crippen molar-refractivity contribution in [3.8, 4) is 0 Å². The van der Waals surface area contributed by atoms with Gasteiger partial charge in [-0.2, -0.15) is 0 Å². The Labute approximate surface area is 90.4 Å². The summed E-state index contributed by atoms with van der Waals surface area (Å²) in [6, 6.07) is 0. The number of hydrogen-bond acceptors (Lipinski definition) is 2. The molecule has 1 fully saturated rings. The minimum atomic E-state index is 0.0620. The van der Waals surface area contributed by atoms with Crippen LogP contribution in [-0.4, -0.2) is 43.0 Å². The molecule has 3 nitrogen and oxygen atoms in total. The van der Waals surface area contributed by atoms with E-state index < -0.39 is 0 Å². The van der Waals surface area contributed by atoms with Crippen LogP contribution in [0.3, 0.4) is 0 Å². The summed E-state index contributed by atoms with van der Waals surface area (Å²) in [5.74, 6) is 0.771. The van der Waals surface area contributed by atoms with Crippen molar-refractivity contribution < 1.29 is 9.53 Å². The highest BCUT2D eigenvalue weighted by Gasteiger charge is 2.25. The Kier molecular flexibility index (Phi) is 5.26. The number of hydrogen-bond donors (Lipinski definition) is 0. The molecule has 1 rings (SSSR count). The zero-order chi connectivity index (χ0) is 10.4. The van der Waals surface area contributed by atoms with Crippen molar-refractivity contribution in [3.05, 3.63) is 0 Å². The van der Waals surface area contributed by atoms with Gasteiger partial charge in [0, 0.05) is 25.6 Å². The van der Waals surface area contributed by atoms with Gasteiger partial charge in [0.05, 0.1) is 12.5 Å². The van der Waals surface area contributed by atoms with Crippen LogP contribution < -0.4 is 0 Å². The highest BCUT2D eigenvalue weighted by Crippen LogP contribution is 2.16. The number of nitrogens with zero attached hydrogens (tertiary/aromatic N) is 1. The highest BCUT2D eigenvalue weighted by molar-refractivity contribution is 6.18. The molecule has 0 saturated carbocycles. The van der Waals surface area contributed by atoms with Gasteiger partial charge in [-0.15, -0.1) is 11.6 Å². The third-order valence-corrected chi connectivity index (χ3v) is 2.73. The van der Waals surface area contributed by atoms with E-state index in [4.69, 9.17) is 16.3 Å². The summed E-state index contributed by atoms with van der Waals surface area (Å²) in [5.41, 5.74) is 0. The number of carbonyl (C=O) groups excluding carboxylic acids is 1. The summed E-state index contributed by atoms with van der Waals surface area (Å²) >= 11 is 5.63. The molecule has 1 unspecified atom stereocenters. The molecule has 0 aliphatic carbocycles. The van der Waals surface area contributed by atoms with E-state index in [2.05, 4.69) is 0 Å². The molecular weight excluding hydrogens is 202 g/mol. The first-order chi connectivity index (χ1) is 6.79. The molecule has 0 spiro atoms. The van der Waals surface area contributed by atoms with E-state index in [1.54, 1.807) is 0 Å². The fourth-order valence-electron chi connectivity index (χ4n) is 1.72. The van der Waals surface area contributed by atoms with Crippen molar-refractivity contribution >= 4 is 17.5 Å². The Balaban J connectivity index is 2.43. The molecule has 1 amide bonds. The molecule has 0 aromatic rings. The maximum atomic E-state index is 11.9. The predicted molar refractivity (Wildman–Crippen MR) is 56.5 cm³/mol. The maximum Gasteiger partial charge on any atom is 0.228 e. The van der Waals surface area contributed by atoms with Crippen LogP contribution in [0.5, 0.6) is 0 Å². The Morgan fingerprint density at radius 3 is 2.93 bits per heavy atom. The third-order valence-electron chi connectivity index (χ3n) is 2.56. The highest BCUT2D eigenvalue weighted by atomic mass is 35.5. The van der Waals surface area contributed by atoms with E-state index >= 15 is 0 Å². The maximum absolute atomic E-state index is 11.9. The number of carbonyl (C=O) groups is 1. The molecule has 1 aliphatic heterocycles. The van der Waals surface area contributed by atoms with E-state index in [-0.39, 0.29) is 11.8 Å². The van der Waals surface area contributed by atoms with E-state index in [1.807, 2.05) is 11.8 Å². The first kappa shape index (κ1) is 11.8. The molecule has 14 heavy (non-hydrogen) atoms. The molecule has 0 radical (unpaired) electrons. The van der Waals surface area contributed by atoms with Crippen LogP contribution in [-0.2, 0) is 9.53 Å².